The van der Waals surface area contributed by atoms with E-state index >= 15 is 0 Å². The van der Waals surface area contributed by atoms with Crippen LogP contribution in [0.15, 0.2) is 12.7 Å². The van der Waals surface area contributed by atoms with E-state index in [2.05, 4.69) is 10.8 Å². The van der Waals surface area contributed by atoms with Gasteiger partial charge in [0, 0.05) is 0 Å². The van der Waals surface area contributed by atoms with Crippen molar-refractivity contribution in [2.75, 3.05) is 12.1 Å². The van der Waals surface area contributed by atoms with E-state index in [0.717, 1.165) is 0 Å². The third-order valence-electron chi connectivity index (χ3n) is 1.42. The highest BCUT2D eigenvalue weighted by molar-refractivity contribution is 7.93. The van der Waals surface area contributed by atoms with Crippen molar-refractivity contribution in [3.63, 3.8) is 0 Å². The van der Waals surface area contributed by atoms with Gasteiger partial charge in [-0.3, -0.25) is 8.75 Å². The van der Waals surface area contributed by atoms with Gasteiger partial charge < -0.3 is 9.05 Å². The first-order valence-corrected chi connectivity index (χ1v) is 8.84. The number of hydrogen-bond acceptors (Lipinski definition) is 6. The van der Waals surface area contributed by atoms with Crippen molar-refractivity contribution in [2.45, 2.75) is 39.9 Å². The van der Waals surface area contributed by atoms with Crippen LogP contribution in [0.3, 0.4) is 0 Å². The molecule has 8 heteroatoms. The van der Waals surface area contributed by atoms with Gasteiger partial charge >= 0.3 is 7.60 Å². The lowest BCUT2D eigenvalue weighted by Gasteiger charge is -2.22. The fraction of sp³-hybridized carbons (Fsp3) is 0.800. The molecule has 18 heavy (non-hydrogen) atoms. The Balaban J connectivity index is 4.88. The number of hydrogen-bond donors (Lipinski definition) is 0. The van der Waals surface area contributed by atoms with Crippen molar-refractivity contribution in [3.05, 3.63) is 12.7 Å². The molecule has 0 atom stereocenters. The first-order valence-electron chi connectivity index (χ1n) is 5.54. The van der Waals surface area contributed by atoms with Crippen LogP contribution in [-0.4, -0.2) is 32.7 Å². The van der Waals surface area contributed by atoms with E-state index in [-0.39, 0.29) is 6.61 Å². The number of rotatable bonds is 9. The normalized spacial score (nSPS) is 13.2. The molecule has 0 heterocycles. The Morgan fingerprint density at radius 2 is 1.61 bits per heavy atom. The van der Waals surface area contributed by atoms with Gasteiger partial charge in [-0.25, -0.2) is 0 Å². The molecule has 0 aliphatic carbocycles. The van der Waals surface area contributed by atoms with Crippen LogP contribution in [0.5, 0.6) is 0 Å². The summed E-state index contributed by atoms with van der Waals surface area (Å²) in [6.45, 7) is 9.75. The summed E-state index contributed by atoms with van der Waals surface area (Å²) in [7, 11) is -7.72. The minimum Gasteiger partial charge on any atom is -0.305 e. The lowest BCUT2D eigenvalue weighted by Crippen LogP contribution is -2.17. The maximum absolute atomic E-state index is 12.3. The van der Waals surface area contributed by atoms with Gasteiger partial charge in [-0.1, -0.05) is 6.08 Å². The molecule has 0 fully saturated rings. The second-order valence-corrected chi connectivity index (χ2v) is 8.21. The molecule has 0 saturated carbocycles. The Labute approximate surface area is 109 Å². The highest BCUT2D eigenvalue weighted by atomic mass is 32.2. The van der Waals surface area contributed by atoms with Crippen molar-refractivity contribution < 1.29 is 26.2 Å². The fourth-order valence-electron chi connectivity index (χ4n) is 1.11. The van der Waals surface area contributed by atoms with E-state index < -0.39 is 35.4 Å². The molecule has 0 aromatic heterocycles. The molecular weight excluding hydrogens is 279 g/mol. The summed E-state index contributed by atoms with van der Waals surface area (Å²) in [5.41, 5.74) is -0.801. The zero-order valence-electron chi connectivity index (χ0n) is 11.2. The quantitative estimate of drug-likeness (QED) is 0.370. The molecule has 0 amide bonds. The molecule has 0 unspecified atom stereocenters. The second-order valence-electron chi connectivity index (χ2n) is 4.18. The van der Waals surface area contributed by atoms with Crippen LogP contribution < -0.4 is 0 Å². The summed E-state index contributed by atoms with van der Waals surface area (Å²) in [6, 6.07) is 0. The van der Waals surface area contributed by atoms with Crippen molar-refractivity contribution >= 4 is 17.7 Å². The summed E-state index contributed by atoms with van der Waals surface area (Å²) in [5, 5.41) is 0. The van der Waals surface area contributed by atoms with Crippen LogP contribution in [0.4, 0.5) is 0 Å². The van der Waals surface area contributed by atoms with Gasteiger partial charge in [0.1, 0.15) is 0 Å². The zero-order valence-corrected chi connectivity index (χ0v) is 12.9. The molecule has 0 spiro atoms. The summed E-state index contributed by atoms with van der Waals surface area (Å²) >= 11 is 0. The van der Waals surface area contributed by atoms with Crippen LogP contribution in [0.1, 0.15) is 27.7 Å². The molecule has 0 saturated heterocycles. The monoisotopic (exact) mass is 300 g/mol. The third-order valence-corrected chi connectivity index (χ3v) is 5.94. The van der Waals surface area contributed by atoms with Crippen molar-refractivity contribution in [2.24, 2.45) is 0 Å². The molecule has 0 aromatic carbocycles. The van der Waals surface area contributed by atoms with Crippen LogP contribution >= 0.6 is 7.60 Å². The molecule has 0 rings (SSSR count). The van der Waals surface area contributed by atoms with Crippen molar-refractivity contribution in [1.29, 1.82) is 0 Å². The topological polar surface area (TPSA) is 78.9 Å². The first-order chi connectivity index (χ1) is 8.10. The second kappa shape index (κ2) is 7.40. The van der Waals surface area contributed by atoms with Crippen LogP contribution in [0.25, 0.3) is 0 Å². The Kier molecular flexibility index (Phi) is 7.32. The summed E-state index contributed by atoms with van der Waals surface area (Å²) in [5.74, 6) is 0. The van der Waals surface area contributed by atoms with Crippen LogP contribution in [0.2, 0.25) is 0 Å². The van der Waals surface area contributed by atoms with E-state index in [1.807, 2.05) is 0 Å². The molecule has 0 aliphatic heterocycles. The predicted octanol–water partition coefficient (Wildman–Crippen LogP) is 2.52. The lowest BCUT2D eigenvalue weighted by molar-refractivity contribution is 0.145. The van der Waals surface area contributed by atoms with E-state index in [4.69, 9.17) is 9.05 Å². The van der Waals surface area contributed by atoms with Crippen molar-refractivity contribution in [3.8, 4) is 0 Å². The van der Waals surface area contributed by atoms with Crippen LogP contribution in [-0.2, 0) is 27.9 Å². The largest absolute Gasteiger partial charge is 0.348 e. The average Bonchev–Trinajstić information content (AvgIpc) is 2.09. The Morgan fingerprint density at radius 3 is 1.94 bits per heavy atom. The van der Waals surface area contributed by atoms with Gasteiger partial charge in [0.05, 0.1) is 18.8 Å². The van der Waals surface area contributed by atoms with Gasteiger partial charge in [-0.2, -0.15) is 8.42 Å². The molecule has 0 N–H and O–H groups in total. The molecule has 0 radical (unpaired) electrons. The molecule has 6 nitrogen and oxygen atoms in total. The van der Waals surface area contributed by atoms with Crippen LogP contribution in [0, 0.1) is 0 Å². The maximum Gasteiger partial charge on any atom is 0.348 e. The van der Waals surface area contributed by atoms with E-state index in [1.165, 1.54) is 6.08 Å². The molecule has 108 valence electrons. The van der Waals surface area contributed by atoms with Gasteiger partial charge in [-0.05, 0) is 27.7 Å². The van der Waals surface area contributed by atoms with Gasteiger partial charge in [0.25, 0.3) is 10.1 Å². The Hall–Kier alpha value is -0.200. The standard InChI is InChI=1S/C10H21O6PS/c1-6-7-14-18(12,13)8-17(11,15-9(2)3)16-10(4)5/h6,9-10H,1,7-8H2,2-5H3. The van der Waals surface area contributed by atoms with Crippen molar-refractivity contribution in [1.82, 2.24) is 0 Å². The minimum atomic E-state index is -3.98. The Morgan fingerprint density at radius 1 is 1.17 bits per heavy atom. The van der Waals surface area contributed by atoms with E-state index in [0.29, 0.717) is 0 Å². The molecule has 0 aromatic rings. The highest BCUT2D eigenvalue weighted by Crippen LogP contribution is 2.51. The zero-order chi connectivity index (χ0) is 14.4. The minimum absolute atomic E-state index is 0.175. The third kappa shape index (κ3) is 8.00. The summed E-state index contributed by atoms with van der Waals surface area (Å²) in [6.07, 6.45) is 0.461. The summed E-state index contributed by atoms with van der Waals surface area (Å²) in [4.78, 5) is 0. The van der Waals surface area contributed by atoms with E-state index in [9.17, 15) is 13.0 Å². The predicted molar refractivity (Wildman–Crippen MR) is 70.0 cm³/mol. The lowest BCUT2D eigenvalue weighted by atomic mass is 10.5. The first kappa shape index (κ1) is 17.8. The molecule has 0 bridgehead atoms. The van der Waals surface area contributed by atoms with E-state index in [1.54, 1.807) is 27.7 Å². The molecular formula is C10H21O6PS. The average molecular weight is 300 g/mol. The Bertz CT molecular complexity index is 387. The van der Waals surface area contributed by atoms with Gasteiger partial charge in [-0.15, -0.1) is 6.58 Å². The highest BCUT2D eigenvalue weighted by Gasteiger charge is 2.34. The SMILES string of the molecule is C=CCOS(=O)(=O)CP(=O)(OC(C)C)OC(C)C. The van der Waals surface area contributed by atoms with Gasteiger partial charge in [0.15, 0.2) is 5.49 Å². The summed E-state index contributed by atoms with van der Waals surface area (Å²) < 4.78 is 50.2. The molecule has 0 aliphatic rings. The smallest absolute Gasteiger partial charge is 0.305 e. The maximum atomic E-state index is 12.3. The van der Waals surface area contributed by atoms with Gasteiger partial charge in [0.2, 0.25) is 0 Å². The fourth-order valence-corrected chi connectivity index (χ4v) is 5.08.